The minimum atomic E-state index is -0.700. The van der Waals surface area contributed by atoms with E-state index in [0.717, 1.165) is 33.5 Å². The molecule has 9 nitrogen and oxygen atoms in total. The Kier molecular flexibility index (Phi) is 5.10. The van der Waals surface area contributed by atoms with Gasteiger partial charge in [0, 0.05) is 20.0 Å². The molecular formula is C20H22N6O3S. The zero-order chi connectivity index (χ0) is 21.6. The highest BCUT2D eigenvalue weighted by Gasteiger charge is 2.32. The van der Waals surface area contributed by atoms with Crippen LogP contribution in [0.2, 0.25) is 0 Å². The van der Waals surface area contributed by atoms with E-state index in [1.165, 1.54) is 25.9 Å². The van der Waals surface area contributed by atoms with Gasteiger partial charge in [-0.25, -0.2) is 14.5 Å². The zero-order valence-corrected chi connectivity index (χ0v) is 17.7. The van der Waals surface area contributed by atoms with Crippen LogP contribution in [0.4, 0.5) is 5.82 Å². The normalized spacial score (nSPS) is 14.6. The largest absolute Gasteiger partial charge is 0.384 e. The summed E-state index contributed by atoms with van der Waals surface area (Å²) in [6.45, 7) is 1.68. The molecule has 0 unspecified atom stereocenters. The molecule has 0 spiro atoms. The van der Waals surface area contributed by atoms with E-state index in [4.69, 9.17) is 5.73 Å². The first kappa shape index (κ1) is 20.1. The Morgan fingerprint density at radius 1 is 1.17 bits per heavy atom. The van der Waals surface area contributed by atoms with Crippen LogP contribution in [0.5, 0.6) is 0 Å². The minimum absolute atomic E-state index is 0.137. The molecule has 0 bridgehead atoms. The van der Waals surface area contributed by atoms with Crippen LogP contribution in [-0.2, 0) is 14.1 Å². The van der Waals surface area contributed by atoms with Crippen molar-refractivity contribution in [3.8, 4) is 5.69 Å². The molecule has 0 radical (unpaired) electrons. The van der Waals surface area contributed by atoms with Gasteiger partial charge in [-0.2, -0.15) is 0 Å². The topological polar surface area (TPSA) is 118 Å². The van der Waals surface area contributed by atoms with Crippen molar-refractivity contribution in [3.63, 3.8) is 0 Å². The van der Waals surface area contributed by atoms with Gasteiger partial charge in [-0.3, -0.25) is 18.7 Å². The Balaban J connectivity index is 1.65. The van der Waals surface area contributed by atoms with Crippen molar-refractivity contribution in [1.82, 2.24) is 23.9 Å². The van der Waals surface area contributed by atoms with Gasteiger partial charge in [0.05, 0.1) is 10.9 Å². The number of thioether (sulfide) groups is 1. The third kappa shape index (κ3) is 3.47. The van der Waals surface area contributed by atoms with Gasteiger partial charge in [-0.1, -0.05) is 30.0 Å². The highest BCUT2D eigenvalue weighted by Crippen LogP contribution is 2.40. The fraction of sp³-hybridized carbons (Fsp3) is 0.350. The molecule has 1 fully saturated rings. The van der Waals surface area contributed by atoms with E-state index in [2.05, 4.69) is 10.1 Å². The van der Waals surface area contributed by atoms with Crippen LogP contribution in [0.15, 0.2) is 45.1 Å². The first-order valence-corrected chi connectivity index (χ1v) is 10.5. The second-order valence-electron chi connectivity index (χ2n) is 7.36. The highest BCUT2D eigenvalue weighted by molar-refractivity contribution is 8.00. The number of Topliss-reactive ketones (excluding diaryl/α,β-unsaturated/α-hetero) is 1. The number of nitrogens with two attached hydrogens (primary N) is 1. The van der Waals surface area contributed by atoms with Gasteiger partial charge in [0.2, 0.25) is 5.16 Å². The van der Waals surface area contributed by atoms with Crippen LogP contribution in [0.3, 0.4) is 0 Å². The SMILES string of the molecule is C[C@H](Sc1nc(C2CC2)n(-c2ccccc2)n1)C(=O)c1c(N)n(C)c(=O)n(C)c1=O. The molecule has 1 aromatic carbocycles. The summed E-state index contributed by atoms with van der Waals surface area (Å²) in [5, 5.41) is 4.40. The van der Waals surface area contributed by atoms with Crippen LogP contribution >= 0.6 is 11.8 Å². The van der Waals surface area contributed by atoms with Crippen molar-refractivity contribution in [3.05, 3.63) is 62.6 Å². The maximum atomic E-state index is 13.0. The number of para-hydroxylation sites is 1. The average molecular weight is 427 g/mol. The third-order valence-corrected chi connectivity index (χ3v) is 6.12. The van der Waals surface area contributed by atoms with E-state index in [9.17, 15) is 14.4 Å². The Morgan fingerprint density at radius 2 is 1.83 bits per heavy atom. The monoisotopic (exact) mass is 426 g/mol. The zero-order valence-electron chi connectivity index (χ0n) is 16.9. The molecule has 1 saturated carbocycles. The average Bonchev–Trinajstić information content (AvgIpc) is 3.51. The van der Waals surface area contributed by atoms with Gasteiger partial charge >= 0.3 is 5.69 Å². The van der Waals surface area contributed by atoms with E-state index in [-0.39, 0.29) is 11.4 Å². The molecular weight excluding hydrogens is 404 g/mol. The lowest BCUT2D eigenvalue weighted by Crippen LogP contribution is -2.42. The summed E-state index contributed by atoms with van der Waals surface area (Å²) in [5.41, 5.74) is 5.37. The molecule has 2 N–H and O–H groups in total. The molecule has 2 aromatic heterocycles. The number of carbonyl (C=O) groups excluding carboxylic acids is 1. The fourth-order valence-electron chi connectivity index (χ4n) is 3.23. The Bertz CT molecular complexity index is 1240. The van der Waals surface area contributed by atoms with Crippen LogP contribution < -0.4 is 17.0 Å². The van der Waals surface area contributed by atoms with Crippen molar-refractivity contribution in [2.45, 2.75) is 36.1 Å². The number of aromatic nitrogens is 5. The van der Waals surface area contributed by atoms with Crippen molar-refractivity contribution in [2.24, 2.45) is 14.1 Å². The van der Waals surface area contributed by atoms with Crippen LogP contribution in [0.1, 0.15) is 41.9 Å². The summed E-state index contributed by atoms with van der Waals surface area (Å²) in [7, 11) is 2.75. The molecule has 1 aliphatic rings. The predicted molar refractivity (Wildman–Crippen MR) is 114 cm³/mol. The van der Waals surface area contributed by atoms with E-state index < -0.39 is 22.3 Å². The van der Waals surface area contributed by atoms with E-state index >= 15 is 0 Å². The number of nitrogens with zero attached hydrogens (tertiary/aromatic N) is 5. The Labute approximate surface area is 176 Å². The first-order chi connectivity index (χ1) is 14.3. The van der Waals surface area contributed by atoms with Gasteiger partial charge in [0.15, 0.2) is 5.78 Å². The van der Waals surface area contributed by atoms with Gasteiger partial charge in [-0.05, 0) is 31.9 Å². The van der Waals surface area contributed by atoms with Crippen LogP contribution in [-0.4, -0.2) is 34.9 Å². The summed E-state index contributed by atoms with van der Waals surface area (Å²) in [6.07, 6.45) is 2.13. The highest BCUT2D eigenvalue weighted by atomic mass is 32.2. The molecule has 3 aromatic rings. The van der Waals surface area contributed by atoms with E-state index in [1.807, 2.05) is 35.0 Å². The summed E-state index contributed by atoms with van der Waals surface area (Å²) in [4.78, 5) is 42.2. The standard InChI is InChI=1S/C20H22N6O3S/c1-11(15(27)14-16(21)24(2)20(29)25(3)18(14)28)30-19-22-17(12-9-10-12)26(23-19)13-7-5-4-6-8-13/h4-8,11-12H,9-10,21H2,1-3H3/t11-/m0/s1. The van der Waals surface area contributed by atoms with Gasteiger partial charge < -0.3 is 5.73 Å². The lowest BCUT2D eigenvalue weighted by Gasteiger charge is -2.13. The molecule has 0 amide bonds. The van der Waals surface area contributed by atoms with Gasteiger partial charge in [0.1, 0.15) is 17.2 Å². The second kappa shape index (κ2) is 7.60. The van der Waals surface area contributed by atoms with Gasteiger partial charge in [0.25, 0.3) is 5.56 Å². The number of rotatable bonds is 6. The molecule has 30 heavy (non-hydrogen) atoms. The lowest BCUT2D eigenvalue weighted by molar-refractivity contribution is 0.0992. The second-order valence-corrected chi connectivity index (χ2v) is 8.67. The van der Waals surface area contributed by atoms with Crippen molar-refractivity contribution < 1.29 is 4.79 Å². The lowest BCUT2D eigenvalue weighted by atomic mass is 10.1. The molecule has 0 aliphatic heterocycles. The molecule has 1 atom stereocenters. The quantitative estimate of drug-likeness (QED) is 0.469. The molecule has 0 saturated heterocycles. The van der Waals surface area contributed by atoms with Crippen molar-refractivity contribution in [2.75, 3.05) is 5.73 Å². The van der Waals surface area contributed by atoms with Crippen LogP contribution in [0.25, 0.3) is 5.69 Å². The van der Waals surface area contributed by atoms with Crippen molar-refractivity contribution >= 4 is 23.4 Å². The Hall–Kier alpha value is -3.14. The number of anilines is 1. The fourth-order valence-corrected chi connectivity index (χ4v) is 4.04. The van der Waals surface area contributed by atoms with E-state index in [0.29, 0.717) is 11.1 Å². The maximum absolute atomic E-state index is 13.0. The maximum Gasteiger partial charge on any atom is 0.332 e. The Morgan fingerprint density at radius 3 is 2.47 bits per heavy atom. The molecule has 2 heterocycles. The smallest absolute Gasteiger partial charge is 0.332 e. The predicted octanol–water partition coefficient (Wildman–Crippen LogP) is 1.49. The number of nitrogen functional groups attached to an aromatic ring is 1. The van der Waals surface area contributed by atoms with Crippen molar-refractivity contribution in [1.29, 1.82) is 0 Å². The summed E-state index contributed by atoms with van der Waals surface area (Å²) in [5.74, 6) is 0.644. The number of ketones is 1. The van der Waals surface area contributed by atoms with E-state index in [1.54, 1.807) is 6.92 Å². The summed E-state index contributed by atoms with van der Waals surface area (Å²) in [6, 6.07) is 9.72. The molecule has 156 valence electrons. The number of hydrogen-bond acceptors (Lipinski definition) is 7. The summed E-state index contributed by atoms with van der Waals surface area (Å²) < 4.78 is 3.80. The minimum Gasteiger partial charge on any atom is -0.384 e. The molecule has 1 aliphatic carbocycles. The number of hydrogen-bond donors (Lipinski definition) is 1. The third-order valence-electron chi connectivity index (χ3n) is 5.16. The van der Waals surface area contributed by atoms with Gasteiger partial charge in [-0.15, -0.1) is 5.10 Å². The summed E-state index contributed by atoms with van der Waals surface area (Å²) >= 11 is 1.17. The number of carbonyl (C=O) groups is 1. The number of benzene rings is 1. The molecule has 10 heteroatoms. The molecule has 4 rings (SSSR count). The first-order valence-electron chi connectivity index (χ1n) is 9.58. The van der Waals surface area contributed by atoms with Crippen LogP contribution in [0, 0.1) is 0 Å².